The lowest BCUT2D eigenvalue weighted by Crippen LogP contribution is -2.04. The molecule has 2 rings (SSSR count). The molecule has 1 aromatic heterocycles. The van der Waals surface area contributed by atoms with Gasteiger partial charge in [0.05, 0.1) is 18.1 Å². The van der Waals surface area contributed by atoms with E-state index in [1.807, 2.05) is 30.3 Å². The maximum atomic E-state index is 8.82. The Labute approximate surface area is 126 Å². The molecule has 2 N–H and O–H groups in total. The summed E-state index contributed by atoms with van der Waals surface area (Å²) >= 11 is 7.44. The summed E-state index contributed by atoms with van der Waals surface area (Å²) in [6.07, 6.45) is 0. The van der Waals surface area contributed by atoms with E-state index in [9.17, 15) is 0 Å². The van der Waals surface area contributed by atoms with Gasteiger partial charge in [-0.1, -0.05) is 11.6 Å². The highest BCUT2D eigenvalue weighted by atomic mass is 35.5. The van der Waals surface area contributed by atoms with Gasteiger partial charge in [-0.15, -0.1) is 11.3 Å². The number of hydrogen-bond acceptors (Lipinski definition) is 5. The van der Waals surface area contributed by atoms with Gasteiger partial charge in [0, 0.05) is 23.2 Å². The molecule has 0 aliphatic heterocycles. The van der Waals surface area contributed by atoms with Crippen LogP contribution in [0.2, 0.25) is 4.34 Å². The molecule has 0 saturated heterocycles. The molecule has 1 aromatic carbocycles. The number of nitrogens with one attached hydrogen (secondary N) is 1. The highest BCUT2D eigenvalue weighted by Crippen LogP contribution is 2.30. The molecule has 0 aliphatic carbocycles. The topological polar surface area (TPSA) is 50.7 Å². The van der Waals surface area contributed by atoms with Crippen molar-refractivity contribution < 1.29 is 14.6 Å². The van der Waals surface area contributed by atoms with Crippen molar-refractivity contribution in [1.29, 1.82) is 0 Å². The molecule has 4 nitrogen and oxygen atoms in total. The molecular formula is C14H16ClNO3S. The minimum atomic E-state index is -0.0332. The number of anilines is 1. The summed E-state index contributed by atoms with van der Waals surface area (Å²) in [5.41, 5.74) is 0.920. The molecular weight excluding hydrogens is 298 g/mol. The van der Waals surface area contributed by atoms with Gasteiger partial charge in [0.1, 0.15) is 6.61 Å². The van der Waals surface area contributed by atoms with Gasteiger partial charge in [0.2, 0.25) is 0 Å². The molecule has 0 aliphatic rings. The maximum Gasteiger partial charge on any atom is 0.163 e. The van der Waals surface area contributed by atoms with Crippen LogP contribution in [0.25, 0.3) is 0 Å². The summed E-state index contributed by atoms with van der Waals surface area (Å²) < 4.78 is 11.4. The summed E-state index contributed by atoms with van der Waals surface area (Å²) in [5, 5.41) is 12.1. The highest BCUT2D eigenvalue weighted by Gasteiger charge is 2.06. The SMILES string of the molecule is COc1ccc(NCc2ccc(Cl)s2)cc1OCCO. The molecule has 0 unspecified atom stereocenters. The second-order valence-electron chi connectivity index (χ2n) is 4.00. The van der Waals surface area contributed by atoms with E-state index in [1.54, 1.807) is 18.4 Å². The van der Waals surface area contributed by atoms with Crippen LogP contribution in [0.5, 0.6) is 11.5 Å². The third kappa shape index (κ3) is 4.03. The van der Waals surface area contributed by atoms with Crippen LogP contribution in [0.4, 0.5) is 5.69 Å². The maximum absolute atomic E-state index is 8.82. The number of aliphatic hydroxyl groups excluding tert-OH is 1. The van der Waals surface area contributed by atoms with E-state index in [4.69, 9.17) is 26.2 Å². The van der Waals surface area contributed by atoms with Crippen LogP contribution < -0.4 is 14.8 Å². The van der Waals surface area contributed by atoms with Crippen molar-refractivity contribution in [3.05, 3.63) is 39.5 Å². The van der Waals surface area contributed by atoms with E-state index in [0.29, 0.717) is 18.0 Å². The number of rotatable bonds is 7. The second kappa shape index (κ2) is 7.38. The first kappa shape index (κ1) is 15.0. The van der Waals surface area contributed by atoms with Gasteiger partial charge < -0.3 is 19.9 Å². The predicted octanol–water partition coefficient (Wildman–Crippen LogP) is 3.39. The number of ether oxygens (including phenoxy) is 2. The quantitative estimate of drug-likeness (QED) is 0.822. The van der Waals surface area contributed by atoms with Crippen LogP contribution in [-0.4, -0.2) is 25.4 Å². The molecule has 0 spiro atoms. The third-order valence-electron chi connectivity index (χ3n) is 2.61. The number of methoxy groups -OCH3 is 1. The largest absolute Gasteiger partial charge is 0.493 e. The van der Waals surface area contributed by atoms with Crippen LogP contribution >= 0.6 is 22.9 Å². The molecule has 0 atom stereocenters. The molecule has 6 heteroatoms. The Bertz CT molecular complexity index is 559. The molecule has 1 heterocycles. The monoisotopic (exact) mass is 313 g/mol. The van der Waals surface area contributed by atoms with E-state index >= 15 is 0 Å². The number of thiophene rings is 1. The Morgan fingerprint density at radius 3 is 2.75 bits per heavy atom. The minimum Gasteiger partial charge on any atom is -0.493 e. The van der Waals surface area contributed by atoms with Gasteiger partial charge in [-0.25, -0.2) is 0 Å². The number of aliphatic hydroxyl groups is 1. The van der Waals surface area contributed by atoms with Crippen molar-refractivity contribution in [2.75, 3.05) is 25.6 Å². The van der Waals surface area contributed by atoms with E-state index in [2.05, 4.69) is 5.32 Å². The lowest BCUT2D eigenvalue weighted by molar-refractivity contribution is 0.196. The molecule has 108 valence electrons. The van der Waals surface area contributed by atoms with E-state index in [-0.39, 0.29) is 13.2 Å². The Hall–Kier alpha value is -1.43. The Kier molecular flexibility index (Phi) is 5.52. The fraction of sp³-hybridized carbons (Fsp3) is 0.286. The first-order chi connectivity index (χ1) is 9.72. The van der Waals surface area contributed by atoms with Crippen LogP contribution in [0, 0.1) is 0 Å². The summed E-state index contributed by atoms with van der Waals surface area (Å²) in [4.78, 5) is 1.16. The minimum absolute atomic E-state index is 0.0332. The lowest BCUT2D eigenvalue weighted by atomic mass is 10.2. The molecule has 20 heavy (non-hydrogen) atoms. The Morgan fingerprint density at radius 2 is 2.10 bits per heavy atom. The van der Waals surface area contributed by atoms with Gasteiger partial charge in [-0.05, 0) is 24.3 Å². The lowest BCUT2D eigenvalue weighted by Gasteiger charge is -2.12. The van der Waals surface area contributed by atoms with Crippen LogP contribution in [0.1, 0.15) is 4.88 Å². The number of halogens is 1. The van der Waals surface area contributed by atoms with Crippen molar-refractivity contribution in [3.8, 4) is 11.5 Å². The van der Waals surface area contributed by atoms with Crippen molar-refractivity contribution in [2.45, 2.75) is 6.54 Å². The summed E-state index contributed by atoms with van der Waals surface area (Å²) in [6, 6.07) is 9.47. The van der Waals surface area contributed by atoms with Gasteiger partial charge in [-0.2, -0.15) is 0 Å². The van der Waals surface area contributed by atoms with Crippen LogP contribution in [-0.2, 0) is 6.54 Å². The molecule has 0 radical (unpaired) electrons. The van der Waals surface area contributed by atoms with Gasteiger partial charge in [0.25, 0.3) is 0 Å². The fourth-order valence-corrected chi connectivity index (χ4v) is 2.72. The summed E-state index contributed by atoms with van der Waals surface area (Å²) in [6.45, 7) is 0.901. The molecule has 0 fully saturated rings. The Balaban J connectivity index is 2.03. The third-order valence-corrected chi connectivity index (χ3v) is 3.84. The van der Waals surface area contributed by atoms with Crippen LogP contribution in [0.3, 0.4) is 0 Å². The highest BCUT2D eigenvalue weighted by molar-refractivity contribution is 7.16. The van der Waals surface area contributed by atoms with Gasteiger partial charge in [0.15, 0.2) is 11.5 Å². The molecule has 0 saturated carbocycles. The average Bonchev–Trinajstić information content (AvgIpc) is 2.88. The standard InChI is InChI=1S/C14H16ClNO3S/c1-18-12-4-2-10(8-13(12)19-7-6-17)16-9-11-3-5-14(15)20-11/h2-5,8,16-17H,6-7,9H2,1H3. The van der Waals surface area contributed by atoms with E-state index < -0.39 is 0 Å². The second-order valence-corrected chi connectivity index (χ2v) is 5.80. The van der Waals surface area contributed by atoms with Gasteiger partial charge in [-0.3, -0.25) is 0 Å². The van der Waals surface area contributed by atoms with Crippen molar-refractivity contribution in [3.63, 3.8) is 0 Å². The molecule has 0 amide bonds. The zero-order valence-electron chi connectivity index (χ0n) is 11.1. The molecule has 2 aromatic rings. The van der Waals surface area contributed by atoms with Gasteiger partial charge >= 0.3 is 0 Å². The fourth-order valence-electron chi connectivity index (χ4n) is 1.69. The molecule has 0 bridgehead atoms. The zero-order chi connectivity index (χ0) is 14.4. The zero-order valence-corrected chi connectivity index (χ0v) is 12.6. The normalized spacial score (nSPS) is 10.3. The Morgan fingerprint density at radius 1 is 1.25 bits per heavy atom. The summed E-state index contributed by atoms with van der Waals surface area (Å²) in [5.74, 6) is 1.25. The van der Waals surface area contributed by atoms with E-state index in [1.165, 1.54) is 0 Å². The van der Waals surface area contributed by atoms with Crippen molar-refractivity contribution in [1.82, 2.24) is 0 Å². The number of benzene rings is 1. The summed E-state index contributed by atoms with van der Waals surface area (Å²) in [7, 11) is 1.59. The van der Waals surface area contributed by atoms with Crippen LogP contribution in [0.15, 0.2) is 30.3 Å². The van der Waals surface area contributed by atoms with Crippen molar-refractivity contribution >= 4 is 28.6 Å². The predicted molar refractivity (Wildman–Crippen MR) is 82.2 cm³/mol. The average molecular weight is 314 g/mol. The van der Waals surface area contributed by atoms with E-state index in [0.717, 1.165) is 14.9 Å². The van der Waals surface area contributed by atoms with Crippen molar-refractivity contribution in [2.24, 2.45) is 0 Å². The first-order valence-electron chi connectivity index (χ1n) is 6.12. The number of hydrogen-bond donors (Lipinski definition) is 2. The smallest absolute Gasteiger partial charge is 0.163 e. The first-order valence-corrected chi connectivity index (χ1v) is 7.32.